The van der Waals surface area contributed by atoms with Gasteiger partial charge in [-0.05, 0) is 61.4 Å². The minimum absolute atomic E-state index is 0.343. The van der Waals surface area contributed by atoms with Gasteiger partial charge in [-0.25, -0.2) is 9.78 Å². The average molecular weight is 286 g/mol. The molecule has 112 valence electrons. The Labute approximate surface area is 125 Å². The van der Waals surface area contributed by atoms with Crippen LogP contribution in [-0.2, 0) is 11.2 Å². The third kappa shape index (κ3) is 3.15. The lowest BCUT2D eigenvalue weighted by Gasteiger charge is -2.15. The molecule has 0 fully saturated rings. The van der Waals surface area contributed by atoms with E-state index in [2.05, 4.69) is 37.1 Å². The zero-order valence-corrected chi connectivity index (χ0v) is 13.1. The van der Waals surface area contributed by atoms with Crippen LogP contribution in [0.15, 0.2) is 18.3 Å². The van der Waals surface area contributed by atoms with Crippen molar-refractivity contribution in [2.45, 2.75) is 40.5 Å². The highest BCUT2D eigenvalue weighted by atomic mass is 16.5. The van der Waals surface area contributed by atoms with Crippen molar-refractivity contribution in [1.82, 2.24) is 4.98 Å². The predicted molar refractivity (Wildman–Crippen MR) is 85.9 cm³/mol. The number of anilines is 1. The Bertz CT molecular complexity index is 665. The molecule has 0 bridgehead atoms. The molecule has 0 aliphatic heterocycles. The molecule has 0 saturated carbocycles. The first-order valence-corrected chi connectivity index (χ1v) is 7.40. The molecule has 4 heteroatoms. The normalized spacial score (nSPS) is 10.7. The Morgan fingerprint density at radius 2 is 2.05 bits per heavy atom. The molecule has 0 aliphatic rings. The van der Waals surface area contributed by atoms with E-state index in [9.17, 15) is 4.79 Å². The molecule has 1 heterocycles. The fourth-order valence-electron chi connectivity index (χ4n) is 2.71. The molecule has 2 aromatic rings. The Kier molecular flexibility index (Phi) is 4.78. The van der Waals surface area contributed by atoms with Crippen LogP contribution in [0.5, 0.6) is 0 Å². The molecule has 0 atom stereocenters. The summed E-state index contributed by atoms with van der Waals surface area (Å²) in [6.45, 7) is 8.55. The van der Waals surface area contributed by atoms with E-state index in [1.54, 1.807) is 13.1 Å². The Morgan fingerprint density at radius 3 is 2.71 bits per heavy atom. The monoisotopic (exact) mass is 286 g/mol. The molecular weight excluding hydrogens is 264 g/mol. The van der Waals surface area contributed by atoms with Crippen LogP contribution in [0.1, 0.15) is 37.0 Å². The number of rotatable bonds is 4. The van der Waals surface area contributed by atoms with E-state index < -0.39 is 6.09 Å². The number of ether oxygens (including phenoxy) is 1. The van der Waals surface area contributed by atoms with Gasteiger partial charge in [-0.2, -0.15) is 0 Å². The molecule has 1 N–H and O–H groups in total. The van der Waals surface area contributed by atoms with Gasteiger partial charge in [-0.1, -0.05) is 13.3 Å². The number of hydrogen-bond acceptors (Lipinski definition) is 3. The Hall–Kier alpha value is -2.10. The van der Waals surface area contributed by atoms with Gasteiger partial charge < -0.3 is 4.74 Å². The molecule has 0 saturated heterocycles. The predicted octanol–water partition coefficient (Wildman–Crippen LogP) is 4.37. The number of aromatic nitrogens is 1. The number of carbonyl (C=O) groups excluding carboxylic acids is 1. The first-order chi connectivity index (χ1) is 10.1. The van der Waals surface area contributed by atoms with E-state index >= 15 is 0 Å². The van der Waals surface area contributed by atoms with Crippen molar-refractivity contribution in [3.05, 3.63) is 35.0 Å². The highest BCUT2D eigenvalue weighted by molar-refractivity contribution is 6.00. The largest absolute Gasteiger partial charge is 0.450 e. The van der Waals surface area contributed by atoms with E-state index in [0.29, 0.717) is 12.4 Å². The minimum Gasteiger partial charge on any atom is -0.450 e. The average Bonchev–Trinajstić information content (AvgIpc) is 2.45. The SMILES string of the molecule is CCCc1c(C)cc2c(NC(=O)OCC)nccc2c1C. The second-order valence-corrected chi connectivity index (χ2v) is 5.15. The van der Waals surface area contributed by atoms with Crippen molar-refractivity contribution in [3.8, 4) is 0 Å². The molecule has 1 amide bonds. The van der Waals surface area contributed by atoms with Gasteiger partial charge >= 0.3 is 6.09 Å². The van der Waals surface area contributed by atoms with Crippen molar-refractivity contribution in [2.75, 3.05) is 11.9 Å². The standard InChI is InChI=1S/C17H22N2O2/c1-5-7-13-11(3)10-15-14(12(13)4)8-9-18-16(15)19-17(20)21-6-2/h8-10H,5-7H2,1-4H3,(H,18,19,20). The number of aryl methyl sites for hydroxylation is 2. The maximum Gasteiger partial charge on any atom is 0.412 e. The number of nitrogens with one attached hydrogen (secondary N) is 1. The van der Waals surface area contributed by atoms with Gasteiger partial charge in [-0.3, -0.25) is 5.32 Å². The van der Waals surface area contributed by atoms with Crippen molar-refractivity contribution < 1.29 is 9.53 Å². The molecule has 21 heavy (non-hydrogen) atoms. The molecule has 1 aromatic heterocycles. The summed E-state index contributed by atoms with van der Waals surface area (Å²) in [6.07, 6.45) is 3.44. The number of benzene rings is 1. The second kappa shape index (κ2) is 6.57. The van der Waals surface area contributed by atoms with Crippen LogP contribution in [-0.4, -0.2) is 17.7 Å². The number of hydrogen-bond donors (Lipinski definition) is 1. The van der Waals surface area contributed by atoms with E-state index in [1.807, 2.05) is 6.07 Å². The Morgan fingerprint density at radius 1 is 1.29 bits per heavy atom. The maximum atomic E-state index is 11.6. The minimum atomic E-state index is -0.467. The summed E-state index contributed by atoms with van der Waals surface area (Å²) >= 11 is 0. The lowest BCUT2D eigenvalue weighted by Crippen LogP contribution is -2.14. The van der Waals surface area contributed by atoms with Gasteiger partial charge in [-0.15, -0.1) is 0 Å². The van der Waals surface area contributed by atoms with Crippen LogP contribution < -0.4 is 5.32 Å². The van der Waals surface area contributed by atoms with Gasteiger partial charge in [0, 0.05) is 11.6 Å². The summed E-state index contributed by atoms with van der Waals surface area (Å²) in [6, 6.07) is 4.10. The maximum absolute atomic E-state index is 11.6. The summed E-state index contributed by atoms with van der Waals surface area (Å²) in [5.74, 6) is 0.556. The number of carbonyl (C=O) groups is 1. The first kappa shape index (κ1) is 15.3. The topological polar surface area (TPSA) is 51.2 Å². The van der Waals surface area contributed by atoms with Crippen LogP contribution in [0.2, 0.25) is 0 Å². The van der Waals surface area contributed by atoms with Gasteiger partial charge in [0.25, 0.3) is 0 Å². The number of nitrogens with zero attached hydrogens (tertiary/aromatic N) is 1. The number of pyridine rings is 1. The van der Waals surface area contributed by atoms with E-state index in [1.165, 1.54) is 16.7 Å². The molecule has 0 aliphatic carbocycles. The highest BCUT2D eigenvalue weighted by Crippen LogP contribution is 2.29. The summed E-state index contributed by atoms with van der Waals surface area (Å²) in [5.41, 5.74) is 3.89. The summed E-state index contributed by atoms with van der Waals surface area (Å²) in [5, 5.41) is 4.81. The lowest BCUT2D eigenvalue weighted by atomic mass is 9.93. The van der Waals surface area contributed by atoms with Crippen LogP contribution in [0.25, 0.3) is 10.8 Å². The summed E-state index contributed by atoms with van der Waals surface area (Å²) in [4.78, 5) is 15.9. The zero-order valence-electron chi connectivity index (χ0n) is 13.1. The van der Waals surface area contributed by atoms with Crippen LogP contribution in [0.4, 0.5) is 10.6 Å². The van der Waals surface area contributed by atoms with E-state index in [0.717, 1.165) is 23.6 Å². The number of amides is 1. The fraction of sp³-hybridized carbons (Fsp3) is 0.412. The molecule has 0 unspecified atom stereocenters. The van der Waals surface area contributed by atoms with Crippen molar-refractivity contribution >= 4 is 22.7 Å². The molecule has 2 rings (SSSR count). The summed E-state index contributed by atoms with van der Waals surface area (Å²) in [7, 11) is 0. The van der Waals surface area contributed by atoms with Crippen LogP contribution in [0, 0.1) is 13.8 Å². The highest BCUT2D eigenvalue weighted by Gasteiger charge is 2.12. The molecule has 1 aromatic carbocycles. The quantitative estimate of drug-likeness (QED) is 0.907. The molecule has 0 radical (unpaired) electrons. The molecular formula is C17H22N2O2. The van der Waals surface area contributed by atoms with Gasteiger partial charge in [0.2, 0.25) is 0 Å². The zero-order chi connectivity index (χ0) is 15.4. The van der Waals surface area contributed by atoms with Crippen molar-refractivity contribution in [2.24, 2.45) is 0 Å². The second-order valence-electron chi connectivity index (χ2n) is 5.15. The third-order valence-corrected chi connectivity index (χ3v) is 3.68. The van der Waals surface area contributed by atoms with Crippen molar-refractivity contribution in [3.63, 3.8) is 0 Å². The van der Waals surface area contributed by atoms with Crippen LogP contribution >= 0.6 is 0 Å². The van der Waals surface area contributed by atoms with Gasteiger partial charge in [0.1, 0.15) is 5.82 Å². The van der Waals surface area contributed by atoms with Gasteiger partial charge in [0.15, 0.2) is 0 Å². The van der Waals surface area contributed by atoms with E-state index in [4.69, 9.17) is 4.74 Å². The van der Waals surface area contributed by atoms with Crippen molar-refractivity contribution in [1.29, 1.82) is 0 Å². The number of fused-ring (bicyclic) bond motifs is 1. The Balaban J connectivity index is 2.52. The van der Waals surface area contributed by atoms with Crippen LogP contribution in [0.3, 0.4) is 0 Å². The summed E-state index contributed by atoms with van der Waals surface area (Å²) < 4.78 is 4.93. The lowest BCUT2D eigenvalue weighted by molar-refractivity contribution is 0.168. The fourth-order valence-corrected chi connectivity index (χ4v) is 2.71. The molecule has 0 spiro atoms. The smallest absolute Gasteiger partial charge is 0.412 e. The third-order valence-electron chi connectivity index (χ3n) is 3.68. The molecule has 4 nitrogen and oxygen atoms in total. The van der Waals surface area contributed by atoms with E-state index in [-0.39, 0.29) is 0 Å². The van der Waals surface area contributed by atoms with Gasteiger partial charge in [0.05, 0.1) is 6.61 Å². The first-order valence-electron chi connectivity index (χ1n) is 7.40.